The van der Waals surface area contributed by atoms with Gasteiger partial charge in [-0.2, -0.15) is 0 Å². The zero-order valence-corrected chi connectivity index (χ0v) is 13.7. The molecule has 0 radical (unpaired) electrons. The van der Waals surface area contributed by atoms with Crippen molar-refractivity contribution in [3.8, 4) is 0 Å². The molecule has 0 aromatic carbocycles. The van der Waals surface area contributed by atoms with E-state index in [1.54, 1.807) is 0 Å². The summed E-state index contributed by atoms with van der Waals surface area (Å²) in [6.07, 6.45) is 5.61. The third-order valence-electron chi connectivity index (χ3n) is 4.39. The third-order valence-corrected chi connectivity index (χ3v) is 4.39. The summed E-state index contributed by atoms with van der Waals surface area (Å²) in [7, 11) is 0. The van der Waals surface area contributed by atoms with Crippen molar-refractivity contribution in [3.05, 3.63) is 0 Å². The van der Waals surface area contributed by atoms with Gasteiger partial charge in [0.1, 0.15) is 0 Å². The molecule has 1 rings (SSSR count). The molecule has 0 saturated carbocycles. The quantitative estimate of drug-likeness (QED) is 0.681. The summed E-state index contributed by atoms with van der Waals surface area (Å²) >= 11 is 0. The van der Waals surface area contributed by atoms with Crippen LogP contribution in [0.1, 0.15) is 59.8 Å². The van der Waals surface area contributed by atoms with Crippen LogP contribution < -0.4 is 10.6 Å². The van der Waals surface area contributed by atoms with Crippen LogP contribution in [0.3, 0.4) is 0 Å². The van der Waals surface area contributed by atoms with E-state index in [4.69, 9.17) is 0 Å². The van der Waals surface area contributed by atoms with Crippen LogP contribution >= 0.6 is 0 Å². The van der Waals surface area contributed by atoms with Crippen LogP contribution in [0.5, 0.6) is 0 Å². The van der Waals surface area contributed by atoms with Crippen LogP contribution in [0.4, 0.5) is 0 Å². The minimum absolute atomic E-state index is 0.0297. The molecule has 4 nitrogen and oxygen atoms in total. The Kier molecular flexibility index (Phi) is 8.15. The molecule has 0 bridgehead atoms. The molecule has 2 N–H and O–H groups in total. The maximum Gasteiger partial charge on any atom is 0.237 e. The highest BCUT2D eigenvalue weighted by atomic mass is 16.2. The predicted octanol–water partition coefficient (Wildman–Crippen LogP) is 2.14. The number of carbonyl (C=O) groups is 1. The first-order valence-corrected chi connectivity index (χ1v) is 8.40. The molecule has 2 atom stereocenters. The van der Waals surface area contributed by atoms with Crippen LogP contribution in [0.2, 0.25) is 0 Å². The molecule has 0 aliphatic carbocycles. The lowest BCUT2D eigenvalue weighted by Gasteiger charge is -2.31. The molecule has 0 spiro atoms. The zero-order chi connectivity index (χ0) is 15.0. The zero-order valence-electron chi connectivity index (χ0n) is 13.7. The lowest BCUT2D eigenvalue weighted by Crippen LogP contribution is -2.51. The fourth-order valence-electron chi connectivity index (χ4n) is 2.91. The Balaban J connectivity index is 2.52. The smallest absolute Gasteiger partial charge is 0.237 e. The van der Waals surface area contributed by atoms with E-state index in [1.165, 1.54) is 12.8 Å². The highest BCUT2D eigenvalue weighted by Crippen LogP contribution is 2.10. The minimum Gasteiger partial charge on any atom is -0.352 e. The molecule has 1 heterocycles. The summed E-state index contributed by atoms with van der Waals surface area (Å²) in [5.74, 6) is 0.185. The van der Waals surface area contributed by atoms with Gasteiger partial charge in [-0.25, -0.2) is 0 Å². The van der Waals surface area contributed by atoms with E-state index in [2.05, 4.69) is 36.3 Å². The van der Waals surface area contributed by atoms with Crippen LogP contribution in [-0.2, 0) is 4.79 Å². The number of rotatable bonds is 9. The Morgan fingerprint density at radius 2 is 2.05 bits per heavy atom. The predicted molar refractivity (Wildman–Crippen MR) is 84.9 cm³/mol. The number of nitrogens with one attached hydrogen (secondary N) is 2. The van der Waals surface area contributed by atoms with Gasteiger partial charge in [0.15, 0.2) is 0 Å². The van der Waals surface area contributed by atoms with Crippen molar-refractivity contribution >= 4 is 5.91 Å². The lowest BCUT2D eigenvalue weighted by atomic mass is 10.1. The van der Waals surface area contributed by atoms with Gasteiger partial charge in [-0.15, -0.1) is 0 Å². The third kappa shape index (κ3) is 5.41. The van der Waals surface area contributed by atoms with Gasteiger partial charge >= 0.3 is 0 Å². The molecule has 0 aromatic heterocycles. The molecule has 118 valence electrons. The summed E-state index contributed by atoms with van der Waals surface area (Å²) < 4.78 is 0. The molecule has 1 aliphatic heterocycles. The van der Waals surface area contributed by atoms with Crippen LogP contribution in [0.15, 0.2) is 0 Å². The van der Waals surface area contributed by atoms with E-state index in [1.807, 2.05) is 6.92 Å². The van der Waals surface area contributed by atoms with E-state index in [0.717, 1.165) is 38.9 Å². The van der Waals surface area contributed by atoms with Gasteiger partial charge in [-0.05, 0) is 52.1 Å². The Hall–Kier alpha value is -0.610. The van der Waals surface area contributed by atoms with Gasteiger partial charge in [0.05, 0.1) is 6.04 Å². The van der Waals surface area contributed by atoms with Crippen LogP contribution in [0, 0.1) is 0 Å². The van der Waals surface area contributed by atoms with Crippen molar-refractivity contribution in [2.75, 3.05) is 19.6 Å². The summed E-state index contributed by atoms with van der Waals surface area (Å²) in [5.41, 5.74) is 0. The van der Waals surface area contributed by atoms with Crippen LogP contribution in [0.25, 0.3) is 0 Å². The first kappa shape index (κ1) is 17.4. The van der Waals surface area contributed by atoms with Crippen molar-refractivity contribution in [2.45, 2.75) is 77.9 Å². The first-order chi connectivity index (χ1) is 9.62. The maximum absolute atomic E-state index is 12.4. The van der Waals surface area contributed by atoms with E-state index in [0.29, 0.717) is 12.1 Å². The summed E-state index contributed by atoms with van der Waals surface area (Å²) in [4.78, 5) is 14.7. The highest BCUT2D eigenvalue weighted by molar-refractivity contribution is 5.81. The Labute approximate surface area is 124 Å². The second kappa shape index (κ2) is 9.35. The topological polar surface area (TPSA) is 44.4 Å². The van der Waals surface area contributed by atoms with E-state index in [9.17, 15) is 4.79 Å². The Morgan fingerprint density at radius 1 is 1.35 bits per heavy atom. The minimum atomic E-state index is -0.0297. The van der Waals surface area contributed by atoms with Crippen LogP contribution in [-0.4, -0.2) is 48.6 Å². The number of hydrogen-bond donors (Lipinski definition) is 2. The van der Waals surface area contributed by atoms with Crippen molar-refractivity contribution in [2.24, 2.45) is 0 Å². The molecule has 0 aromatic rings. The van der Waals surface area contributed by atoms with Gasteiger partial charge in [0.2, 0.25) is 5.91 Å². The van der Waals surface area contributed by atoms with E-state index in [-0.39, 0.29) is 11.9 Å². The first-order valence-electron chi connectivity index (χ1n) is 8.40. The molecule has 2 unspecified atom stereocenters. The summed E-state index contributed by atoms with van der Waals surface area (Å²) in [5, 5.41) is 6.71. The molecule has 20 heavy (non-hydrogen) atoms. The maximum atomic E-state index is 12.4. The molecular weight excluding hydrogens is 250 g/mol. The van der Waals surface area contributed by atoms with Gasteiger partial charge < -0.3 is 10.6 Å². The fourth-order valence-corrected chi connectivity index (χ4v) is 2.91. The average molecular weight is 283 g/mol. The molecule has 1 aliphatic rings. The van der Waals surface area contributed by atoms with Gasteiger partial charge in [0.25, 0.3) is 0 Å². The van der Waals surface area contributed by atoms with Crippen molar-refractivity contribution in [1.82, 2.24) is 15.5 Å². The Morgan fingerprint density at radius 3 is 2.55 bits per heavy atom. The highest BCUT2D eigenvalue weighted by Gasteiger charge is 2.25. The van der Waals surface area contributed by atoms with Gasteiger partial charge in [-0.1, -0.05) is 20.8 Å². The molecule has 1 saturated heterocycles. The normalized spacial score (nSPS) is 20.6. The largest absolute Gasteiger partial charge is 0.352 e. The van der Waals surface area contributed by atoms with Crippen molar-refractivity contribution < 1.29 is 4.79 Å². The van der Waals surface area contributed by atoms with Gasteiger partial charge in [-0.3, -0.25) is 9.69 Å². The molecule has 4 heteroatoms. The average Bonchev–Trinajstić information content (AvgIpc) is 2.96. The standard InChI is InChI=1S/C16H33N3O/c1-5-11-19(12-15-9-8-10-17-15)13(4)16(20)18-14(6-2)7-3/h13-15,17H,5-12H2,1-4H3,(H,18,20). The SMILES string of the molecule is CCCN(CC1CCCN1)C(C)C(=O)NC(CC)CC. The number of carbonyl (C=O) groups excluding carboxylic acids is 1. The number of nitrogens with zero attached hydrogens (tertiary/aromatic N) is 1. The lowest BCUT2D eigenvalue weighted by molar-refractivity contribution is -0.126. The number of amides is 1. The summed E-state index contributed by atoms with van der Waals surface area (Å²) in [6, 6.07) is 0.848. The second-order valence-electron chi connectivity index (χ2n) is 5.99. The monoisotopic (exact) mass is 283 g/mol. The molecule has 1 amide bonds. The fraction of sp³-hybridized carbons (Fsp3) is 0.938. The molecule has 1 fully saturated rings. The number of hydrogen-bond acceptors (Lipinski definition) is 3. The van der Waals surface area contributed by atoms with Crippen molar-refractivity contribution in [3.63, 3.8) is 0 Å². The second-order valence-corrected chi connectivity index (χ2v) is 5.99. The van der Waals surface area contributed by atoms with Gasteiger partial charge in [0, 0.05) is 18.6 Å². The van der Waals surface area contributed by atoms with E-state index < -0.39 is 0 Å². The molecular formula is C16H33N3O. The van der Waals surface area contributed by atoms with E-state index >= 15 is 0 Å². The summed E-state index contributed by atoms with van der Waals surface area (Å²) in [6.45, 7) is 11.6. The van der Waals surface area contributed by atoms with Crippen molar-refractivity contribution in [1.29, 1.82) is 0 Å². The Bertz CT molecular complexity index is 273.